The monoisotopic (exact) mass is 307 g/mol. The second-order valence-corrected chi connectivity index (χ2v) is 6.89. The van der Waals surface area contributed by atoms with Gasteiger partial charge in [0.2, 0.25) is 0 Å². The zero-order valence-electron chi connectivity index (χ0n) is 12.0. The molecule has 0 saturated heterocycles. The van der Waals surface area contributed by atoms with Gasteiger partial charge in [-0.15, -0.1) is 0 Å². The topological polar surface area (TPSA) is 64.4 Å². The van der Waals surface area contributed by atoms with Crippen LogP contribution >= 0.6 is 0 Å². The average molecular weight is 307 g/mol. The molecule has 1 aliphatic rings. The smallest absolute Gasteiger partial charge is 0.267 e. The fourth-order valence-electron chi connectivity index (χ4n) is 2.57. The molecule has 0 aliphatic carbocycles. The Bertz CT molecular complexity index is 768. The Hall–Kier alpha value is -2.02. The first-order valence-electron chi connectivity index (χ1n) is 6.70. The van der Waals surface area contributed by atoms with Crippen LogP contribution < -0.4 is 9.04 Å². The van der Waals surface area contributed by atoms with Crippen molar-refractivity contribution in [1.29, 1.82) is 0 Å². The Morgan fingerprint density at radius 1 is 1.33 bits per heavy atom. The van der Waals surface area contributed by atoms with Crippen molar-refractivity contribution in [3.8, 4) is 5.75 Å². The molecule has 0 N–H and O–H groups in total. The molecule has 6 nitrogen and oxygen atoms in total. The second kappa shape index (κ2) is 5.07. The number of sulfonamides is 1. The van der Waals surface area contributed by atoms with Crippen molar-refractivity contribution in [1.82, 2.24) is 9.78 Å². The van der Waals surface area contributed by atoms with E-state index in [4.69, 9.17) is 4.74 Å². The quantitative estimate of drug-likeness (QED) is 0.863. The van der Waals surface area contributed by atoms with Crippen LogP contribution in [0.5, 0.6) is 5.75 Å². The summed E-state index contributed by atoms with van der Waals surface area (Å²) >= 11 is 0. The van der Waals surface area contributed by atoms with Crippen LogP contribution in [0.4, 0.5) is 5.69 Å². The number of methoxy groups -OCH3 is 1. The van der Waals surface area contributed by atoms with Crippen molar-refractivity contribution in [3.05, 3.63) is 36.2 Å². The predicted octanol–water partition coefficient (Wildman–Crippen LogP) is 1.57. The molecule has 3 rings (SSSR count). The van der Waals surface area contributed by atoms with E-state index >= 15 is 0 Å². The van der Waals surface area contributed by atoms with Crippen LogP contribution in [0, 0.1) is 0 Å². The number of aryl methyl sites for hydroxylation is 2. The summed E-state index contributed by atoms with van der Waals surface area (Å²) in [6.07, 6.45) is 4.55. The van der Waals surface area contributed by atoms with Gasteiger partial charge in [-0.05, 0) is 36.6 Å². The Morgan fingerprint density at radius 2 is 2.14 bits per heavy atom. The van der Waals surface area contributed by atoms with E-state index in [0.29, 0.717) is 6.54 Å². The summed E-state index contributed by atoms with van der Waals surface area (Å²) in [5.74, 6) is 0.745. The van der Waals surface area contributed by atoms with E-state index in [1.165, 1.54) is 21.4 Å². The predicted molar refractivity (Wildman–Crippen MR) is 79.1 cm³/mol. The fourth-order valence-corrected chi connectivity index (χ4v) is 4.10. The van der Waals surface area contributed by atoms with Crippen LogP contribution in [0.1, 0.15) is 12.0 Å². The highest BCUT2D eigenvalue weighted by Crippen LogP contribution is 2.34. The average Bonchev–Trinajstić information content (AvgIpc) is 2.93. The van der Waals surface area contributed by atoms with Crippen LogP contribution in [0.3, 0.4) is 0 Å². The lowest BCUT2D eigenvalue weighted by atomic mass is 10.0. The van der Waals surface area contributed by atoms with Gasteiger partial charge in [0, 0.05) is 19.8 Å². The number of nitrogens with zero attached hydrogens (tertiary/aromatic N) is 3. The van der Waals surface area contributed by atoms with Gasteiger partial charge >= 0.3 is 0 Å². The molecule has 0 unspecified atom stereocenters. The van der Waals surface area contributed by atoms with Crippen molar-refractivity contribution in [2.75, 3.05) is 18.0 Å². The fraction of sp³-hybridized carbons (Fsp3) is 0.357. The Labute approximate surface area is 124 Å². The molecule has 0 bridgehead atoms. The van der Waals surface area contributed by atoms with Gasteiger partial charge in [-0.1, -0.05) is 0 Å². The van der Waals surface area contributed by atoms with Gasteiger partial charge in [0.1, 0.15) is 10.6 Å². The van der Waals surface area contributed by atoms with Crippen LogP contribution in [0.2, 0.25) is 0 Å². The maximum atomic E-state index is 12.8. The SMILES string of the molecule is COc1ccc2c(c1)CCCN2S(=O)(=O)c1cnn(C)c1. The van der Waals surface area contributed by atoms with Crippen molar-refractivity contribution >= 4 is 15.7 Å². The summed E-state index contributed by atoms with van der Waals surface area (Å²) in [5, 5.41) is 3.95. The molecule has 7 heteroatoms. The molecule has 0 fully saturated rings. The third-order valence-electron chi connectivity index (χ3n) is 3.63. The first-order chi connectivity index (χ1) is 10.0. The molecule has 0 spiro atoms. The molecule has 112 valence electrons. The zero-order chi connectivity index (χ0) is 15.0. The van der Waals surface area contributed by atoms with Gasteiger partial charge in [-0.3, -0.25) is 8.99 Å². The van der Waals surface area contributed by atoms with E-state index in [1.807, 2.05) is 6.07 Å². The highest BCUT2D eigenvalue weighted by Gasteiger charge is 2.30. The van der Waals surface area contributed by atoms with Crippen molar-refractivity contribution in [2.24, 2.45) is 7.05 Å². The molecular weight excluding hydrogens is 290 g/mol. The molecule has 0 saturated carbocycles. The minimum atomic E-state index is -3.56. The summed E-state index contributed by atoms with van der Waals surface area (Å²) in [4.78, 5) is 0.216. The number of hydrogen-bond acceptors (Lipinski definition) is 4. The minimum Gasteiger partial charge on any atom is -0.497 e. The summed E-state index contributed by atoms with van der Waals surface area (Å²) in [6.45, 7) is 0.483. The van der Waals surface area contributed by atoms with Crippen LogP contribution in [-0.2, 0) is 23.5 Å². The normalized spacial score (nSPS) is 14.9. The third-order valence-corrected chi connectivity index (χ3v) is 5.40. The summed E-state index contributed by atoms with van der Waals surface area (Å²) in [7, 11) is -0.257. The summed E-state index contributed by atoms with van der Waals surface area (Å²) < 4.78 is 33.7. The maximum Gasteiger partial charge on any atom is 0.267 e. The molecule has 0 amide bonds. The molecule has 1 aliphatic heterocycles. The van der Waals surface area contributed by atoms with E-state index in [-0.39, 0.29) is 4.90 Å². The van der Waals surface area contributed by atoms with Crippen LogP contribution in [0.15, 0.2) is 35.5 Å². The Morgan fingerprint density at radius 3 is 2.81 bits per heavy atom. The van der Waals surface area contributed by atoms with Gasteiger partial charge in [0.15, 0.2) is 0 Å². The Balaban J connectivity index is 2.06. The molecular formula is C14H17N3O3S. The maximum absolute atomic E-state index is 12.8. The van der Waals surface area contributed by atoms with Crippen molar-refractivity contribution < 1.29 is 13.2 Å². The second-order valence-electron chi connectivity index (χ2n) is 5.03. The lowest BCUT2D eigenvalue weighted by Gasteiger charge is -2.30. The molecule has 21 heavy (non-hydrogen) atoms. The number of fused-ring (bicyclic) bond motifs is 1. The van der Waals surface area contributed by atoms with E-state index in [2.05, 4.69) is 5.10 Å². The molecule has 2 heterocycles. The van der Waals surface area contributed by atoms with Crippen molar-refractivity contribution in [3.63, 3.8) is 0 Å². The zero-order valence-corrected chi connectivity index (χ0v) is 12.8. The number of rotatable bonds is 3. The number of benzene rings is 1. The van der Waals surface area contributed by atoms with Gasteiger partial charge in [0.05, 0.1) is 19.0 Å². The van der Waals surface area contributed by atoms with E-state index < -0.39 is 10.0 Å². The first kappa shape index (κ1) is 13.9. The van der Waals surface area contributed by atoms with E-state index in [1.54, 1.807) is 26.3 Å². The number of ether oxygens (including phenoxy) is 1. The lowest BCUT2D eigenvalue weighted by Crippen LogP contribution is -2.35. The first-order valence-corrected chi connectivity index (χ1v) is 8.14. The third kappa shape index (κ3) is 2.37. The van der Waals surface area contributed by atoms with Crippen LogP contribution in [0.25, 0.3) is 0 Å². The number of aromatic nitrogens is 2. The van der Waals surface area contributed by atoms with Crippen molar-refractivity contribution in [2.45, 2.75) is 17.7 Å². The van der Waals surface area contributed by atoms with Gasteiger partial charge in [-0.25, -0.2) is 8.42 Å². The molecule has 1 aromatic heterocycles. The molecule has 1 aromatic carbocycles. The van der Waals surface area contributed by atoms with E-state index in [0.717, 1.165) is 29.8 Å². The number of hydrogen-bond donors (Lipinski definition) is 0. The minimum absolute atomic E-state index is 0.216. The molecule has 0 radical (unpaired) electrons. The highest BCUT2D eigenvalue weighted by atomic mass is 32.2. The van der Waals surface area contributed by atoms with Gasteiger partial charge in [0.25, 0.3) is 10.0 Å². The van der Waals surface area contributed by atoms with Crippen LogP contribution in [-0.4, -0.2) is 31.9 Å². The molecule has 0 atom stereocenters. The number of anilines is 1. The summed E-state index contributed by atoms with van der Waals surface area (Å²) in [6, 6.07) is 5.50. The van der Waals surface area contributed by atoms with Gasteiger partial charge < -0.3 is 4.74 Å². The highest BCUT2D eigenvalue weighted by molar-refractivity contribution is 7.92. The standard InChI is InChI=1S/C14H17N3O3S/c1-16-10-13(9-15-16)21(18,19)17-7-3-4-11-8-12(20-2)5-6-14(11)17/h5-6,8-10H,3-4,7H2,1-2H3. The molecule has 2 aromatic rings. The summed E-state index contributed by atoms with van der Waals surface area (Å²) in [5.41, 5.74) is 1.72. The van der Waals surface area contributed by atoms with Gasteiger partial charge in [-0.2, -0.15) is 5.10 Å². The lowest BCUT2D eigenvalue weighted by molar-refractivity contribution is 0.414. The largest absolute Gasteiger partial charge is 0.497 e. The van der Waals surface area contributed by atoms with E-state index in [9.17, 15) is 8.42 Å². The Kier molecular flexibility index (Phi) is 3.36.